The van der Waals surface area contributed by atoms with Crippen LogP contribution in [-0.2, 0) is 70.1 Å². The number of likely N-dealkylation sites (N-methyl/N-ethyl adjacent to an activating group) is 1. The molecule has 3 heterocycles. The number of carbonyl (C=O) groups is 9. The molecule has 5 amide bonds. The Morgan fingerprint density at radius 1 is 1.02 bits per heavy atom. The molecule has 6 rings (SSSR count). The minimum absolute atomic E-state index is 0.00803. The summed E-state index contributed by atoms with van der Waals surface area (Å²) in [6.07, 6.45) is 5.44. The smallest absolute Gasteiger partial charge is 0.328 e. The van der Waals surface area contributed by atoms with Crippen molar-refractivity contribution in [1.29, 1.82) is 0 Å². The Kier molecular flexibility index (Phi) is 24.7. The Morgan fingerprint density at radius 2 is 1.75 bits per heavy atom. The maximum atomic E-state index is 16.2. The molecule has 2 saturated heterocycles. The summed E-state index contributed by atoms with van der Waals surface area (Å²) in [6, 6.07) is 3.75. The fraction of sp³-hybridized carbons (Fsp3) is 0.609. The third-order valence-electron chi connectivity index (χ3n) is 17.4. The number of anilines is 1. The van der Waals surface area contributed by atoms with Crippen LogP contribution in [0, 0.1) is 29.5 Å². The van der Waals surface area contributed by atoms with Gasteiger partial charge >= 0.3 is 23.9 Å². The topological polar surface area (TPSA) is 289 Å². The van der Waals surface area contributed by atoms with Crippen molar-refractivity contribution in [2.24, 2.45) is 29.4 Å². The summed E-state index contributed by atoms with van der Waals surface area (Å²) in [6.45, 7) is 10.6. The number of ether oxygens (including phenoxy) is 6. The molecule has 0 radical (unpaired) electrons. The van der Waals surface area contributed by atoms with Crippen LogP contribution in [0.15, 0.2) is 54.1 Å². The predicted molar refractivity (Wildman–Crippen MR) is 320 cm³/mol. The van der Waals surface area contributed by atoms with Crippen LogP contribution in [0.25, 0.3) is 0 Å². The van der Waals surface area contributed by atoms with Gasteiger partial charge in [-0.1, -0.05) is 68.7 Å². The maximum absolute atomic E-state index is 16.2. The molecule has 0 spiro atoms. The van der Waals surface area contributed by atoms with E-state index in [1.807, 2.05) is 13.0 Å². The van der Waals surface area contributed by atoms with E-state index in [2.05, 4.69) is 10.6 Å². The van der Waals surface area contributed by atoms with Gasteiger partial charge in [0.25, 0.3) is 5.91 Å². The zero-order valence-corrected chi connectivity index (χ0v) is 52.5. The molecule has 1 saturated carbocycles. The molecule has 23 heteroatoms. The molecule has 4 aliphatic rings. The number of ketones is 2. The number of aliphatic hydroxyl groups is 1. The highest BCUT2D eigenvalue weighted by molar-refractivity contribution is 6.35. The Morgan fingerprint density at radius 3 is 2.39 bits per heavy atom. The number of carbonyl (C=O) groups excluding carboxylic acids is 9. The largest absolute Gasteiger partial charge is 0.495 e. The SMILES string of the molecule is COc1cc2cc(c1Cl)N(C)C(=O)C[C@H](OC(=O)[C@H](C)N(C)C(=O)c1ccc(CC(=O)[C@H](CCCNC(N)=O)NC(=O)[C@@H](CC(=O)CCCCCOC(=O)C3CCC3)C(C)C)cc1F)[C@]1(C)O[C@H]1[C@H](C)[C@@H]1C[C@@](O)(CC(=O)O1)[C@H](OC)/C=C/C=C(\C)C2. The minimum atomic E-state index is -1.68. The normalized spacial score (nSPS) is 25.2. The molecule has 2 aromatic carbocycles. The summed E-state index contributed by atoms with van der Waals surface area (Å²) < 4.78 is 51.2. The number of unbranched alkanes of at least 4 members (excludes halogenated alkanes) is 2. The Bertz CT molecular complexity index is 2930. The second-order valence-electron chi connectivity index (χ2n) is 24.3. The van der Waals surface area contributed by atoms with Crippen molar-refractivity contribution >= 4 is 70.5 Å². The van der Waals surface area contributed by atoms with Crippen molar-refractivity contribution in [2.75, 3.05) is 46.4 Å². The summed E-state index contributed by atoms with van der Waals surface area (Å²) in [7, 11) is 5.66. The molecule has 0 unspecified atom stereocenters. The molecule has 4 bridgehead atoms. The van der Waals surface area contributed by atoms with Gasteiger partial charge in [-0.3, -0.25) is 33.6 Å². The van der Waals surface area contributed by atoms with Crippen LogP contribution in [0.2, 0.25) is 5.02 Å². The minimum Gasteiger partial charge on any atom is -0.495 e. The molecule has 2 aromatic rings. The van der Waals surface area contributed by atoms with Gasteiger partial charge < -0.3 is 59.7 Å². The van der Waals surface area contributed by atoms with E-state index < -0.39 is 119 Å². The predicted octanol–water partition coefficient (Wildman–Crippen LogP) is 7.40. The summed E-state index contributed by atoms with van der Waals surface area (Å²) in [5.74, 6) is -6.89. The van der Waals surface area contributed by atoms with Crippen LogP contribution < -0.4 is 26.0 Å². The fourth-order valence-corrected chi connectivity index (χ4v) is 11.7. The van der Waals surface area contributed by atoms with Gasteiger partial charge in [0.2, 0.25) is 11.8 Å². The molecule has 87 heavy (non-hydrogen) atoms. The number of halogens is 2. The molecular formula is C64H87ClFN5O16. The number of amides is 5. The number of urea groups is 1. The lowest BCUT2D eigenvalue weighted by Gasteiger charge is -2.41. The van der Waals surface area contributed by atoms with Crippen molar-refractivity contribution in [2.45, 2.75) is 186 Å². The monoisotopic (exact) mass is 1240 g/mol. The number of esters is 3. The van der Waals surface area contributed by atoms with Gasteiger partial charge in [0.15, 0.2) is 5.78 Å². The molecule has 0 aromatic heterocycles. The number of allylic oxidation sites excluding steroid dienone is 3. The van der Waals surface area contributed by atoms with E-state index >= 15 is 4.39 Å². The van der Waals surface area contributed by atoms with E-state index in [4.69, 9.17) is 45.8 Å². The number of nitrogens with one attached hydrogen (secondary N) is 2. The highest BCUT2D eigenvalue weighted by Gasteiger charge is 2.64. The van der Waals surface area contributed by atoms with Crippen LogP contribution in [-0.4, -0.2) is 152 Å². The molecule has 3 fully saturated rings. The molecule has 1 aliphatic carbocycles. The second kappa shape index (κ2) is 30.9. The second-order valence-corrected chi connectivity index (χ2v) is 24.7. The number of nitrogens with two attached hydrogens (primary N) is 1. The molecular weight excluding hydrogens is 1150 g/mol. The number of benzene rings is 2. The first-order valence-electron chi connectivity index (χ1n) is 30.0. The number of hydrogen-bond donors (Lipinski definition) is 4. The van der Waals surface area contributed by atoms with Gasteiger partial charge in [-0.25, -0.2) is 14.0 Å². The Hall–Kier alpha value is -6.75. The highest BCUT2D eigenvalue weighted by atomic mass is 35.5. The van der Waals surface area contributed by atoms with Crippen molar-refractivity contribution in [3.05, 3.63) is 81.7 Å². The first-order valence-corrected chi connectivity index (χ1v) is 30.4. The highest BCUT2D eigenvalue weighted by Crippen LogP contribution is 2.50. The van der Waals surface area contributed by atoms with Crippen molar-refractivity contribution in [3.63, 3.8) is 0 Å². The quantitative estimate of drug-likeness (QED) is 0.0326. The van der Waals surface area contributed by atoms with Gasteiger partial charge in [0.1, 0.15) is 57.9 Å². The van der Waals surface area contributed by atoms with E-state index in [1.165, 1.54) is 52.3 Å². The summed E-state index contributed by atoms with van der Waals surface area (Å²) in [5.41, 5.74) is 3.80. The number of epoxide rings is 1. The van der Waals surface area contributed by atoms with E-state index in [-0.39, 0.29) is 92.3 Å². The average molecular weight is 1240 g/mol. The van der Waals surface area contributed by atoms with Crippen molar-refractivity contribution in [1.82, 2.24) is 15.5 Å². The van der Waals surface area contributed by atoms with E-state index in [1.54, 1.807) is 52.0 Å². The van der Waals surface area contributed by atoms with Gasteiger partial charge in [-0.05, 0) is 113 Å². The number of nitrogens with zero attached hydrogens (tertiary/aromatic N) is 2. The van der Waals surface area contributed by atoms with Gasteiger partial charge in [-0.2, -0.15) is 0 Å². The fourth-order valence-electron chi connectivity index (χ4n) is 11.4. The summed E-state index contributed by atoms with van der Waals surface area (Å²) >= 11 is 6.84. The van der Waals surface area contributed by atoms with E-state index in [0.29, 0.717) is 37.1 Å². The zero-order chi connectivity index (χ0) is 64.1. The van der Waals surface area contributed by atoms with Crippen LogP contribution in [0.5, 0.6) is 5.75 Å². The van der Waals surface area contributed by atoms with Crippen LogP contribution >= 0.6 is 11.6 Å². The van der Waals surface area contributed by atoms with E-state index in [0.717, 1.165) is 41.4 Å². The molecule has 5 N–H and O–H groups in total. The Balaban J connectivity index is 1.15. The average Bonchev–Trinajstić information content (AvgIpc) is 1.59. The number of primary amides is 1. The lowest BCUT2D eigenvalue weighted by atomic mass is 9.78. The first kappa shape index (κ1) is 69.4. The standard InChI is InChI=1S/C64H87ClFN5O16/c1-36(2)45(32-43(72)20-12-11-13-26-84-61(79)42-18-15-19-42)58(76)69-47(21-16-25-68-62(67)80)49(73)30-40-23-24-44(46(66)28-40)59(77)70(7)39(5)60(78)86-53-33-54(74)71(8)48-29-41(31-50(82-9)56(48)65)27-37(3)17-14-22-52(83-10)64(81)34-51(85-55(75)35-64)38(4)57-63(53,6)87-57/h14,17,22-24,28-29,31,36,38-39,42,45,47,51-53,57,81H,11-13,15-16,18-21,25-27,30,32-35H2,1-10H3,(H,69,76)(H3,67,68,80)/b22-14+,37-17+/t38-,39+,45+,47+,51+,52-,53+,57+,63+,64-/m1/s1. The van der Waals surface area contributed by atoms with E-state index in [9.17, 15) is 48.3 Å². The number of fused-ring (bicyclic) bond motifs is 5. The third kappa shape index (κ3) is 18.2. The zero-order valence-electron chi connectivity index (χ0n) is 51.7. The third-order valence-corrected chi connectivity index (χ3v) is 17.8. The summed E-state index contributed by atoms with van der Waals surface area (Å²) in [4.78, 5) is 123. The van der Waals surface area contributed by atoms with Gasteiger partial charge in [0, 0.05) is 65.3 Å². The maximum Gasteiger partial charge on any atom is 0.328 e. The van der Waals surface area contributed by atoms with Crippen LogP contribution in [0.4, 0.5) is 14.9 Å². The van der Waals surface area contributed by atoms with Gasteiger partial charge in [-0.15, -0.1) is 0 Å². The Labute approximate surface area is 513 Å². The number of Topliss-reactive ketones (excluding diaryl/α,β-unsaturated/α-hetero) is 2. The molecule has 3 aliphatic heterocycles. The lowest BCUT2D eigenvalue weighted by Crippen LogP contribution is -2.53. The van der Waals surface area contributed by atoms with Crippen LogP contribution in [0.3, 0.4) is 0 Å². The number of methoxy groups -OCH3 is 2. The lowest BCUT2D eigenvalue weighted by molar-refractivity contribution is -0.187. The van der Waals surface area contributed by atoms with Crippen molar-refractivity contribution < 1.29 is 81.1 Å². The number of hydrogen-bond acceptors (Lipinski definition) is 16. The molecule has 21 nitrogen and oxygen atoms in total. The van der Waals surface area contributed by atoms with Gasteiger partial charge in [0.05, 0.1) is 55.9 Å². The molecule has 10 atom stereocenters. The number of rotatable bonds is 25. The van der Waals surface area contributed by atoms with Crippen molar-refractivity contribution in [3.8, 4) is 5.75 Å². The van der Waals surface area contributed by atoms with Crippen LogP contribution in [0.1, 0.15) is 146 Å². The molecule has 478 valence electrons. The summed E-state index contributed by atoms with van der Waals surface area (Å²) in [5, 5.41) is 17.4. The first-order chi connectivity index (χ1) is 41.1.